The molecule has 0 bridgehead atoms. The highest BCUT2D eigenvalue weighted by atomic mass is 35.5. The van der Waals surface area contributed by atoms with Crippen molar-refractivity contribution in [3.63, 3.8) is 0 Å². The maximum Gasteiger partial charge on any atom is 0.0603 e. The molecule has 0 aliphatic carbocycles. The van der Waals surface area contributed by atoms with E-state index in [9.17, 15) is 0 Å². The van der Waals surface area contributed by atoms with Crippen molar-refractivity contribution in [2.45, 2.75) is 30.2 Å². The number of nitrogens with one attached hydrogen (secondary N) is 1. The number of hydrogen-bond acceptors (Lipinski definition) is 2. The number of benzene rings is 2. The van der Waals surface area contributed by atoms with Crippen molar-refractivity contribution < 1.29 is 0 Å². The number of rotatable bonds is 5. The fourth-order valence-electron chi connectivity index (χ4n) is 1.87. The van der Waals surface area contributed by atoms with Crippen LogP contribution in [0.4, 0.5) is 0 Å². The molecule has 0 fully saturated rings. The molecule has 0 aromatic heterocycles. The van der Waals surface area contributed by atoms with Gasteiger partial charge in [-0.2, -0.15) is 0 Å². The predicted molar refractivity (Wildman–Crippen MR) is 89.1 cm³/mol. The molecule has 106 valence electrons. The summed E-state index contributed by atoms with van der Waals surface area (Å²) in [6, 6.07) is 12.3. The molecule has 0 heterocycles. The van der Waals surface area contributed by atoms with E-state index in [1.807, 2.05) is 18.2 Å². The van der Waals surface area contributed by atoms with Crippen molar-refractivity contribution in [3.05, 3.63) is 57.6 Å². The van der Waals surface area contributed by atoms with E-state index in [-0.39, 0.29) is 0 Å². The van der Waals surface area contributed by atoms with Crippen LogP contribution in [0.15, 0.2) is 46.2 Å². The minimum atomic E-state index is 0.591. The average molecular weight is 326 g/mol. The van der Waals surface area contributed by atoms with Crippen molar-refractivity contribution in [2.75, 3.05) is 6.54 Å². The fourth-order valence-corrected chi connectivity index (χ4v) is 3.19. The molecular weight excluding hydrogens is 309 g/mol. The summed E-state index contributed by atoms with van der Waals surface area (Å²) < 4.78 is 0. The molecule has 1 N–H and O–H groups in total. The third-order valence-electron chi connectivity index (χ3n) is 3.01. The molecule has 4 heteroatoms. The van der Waals surface area contributed by atoms with E-state index in [0.717, 1.165) is 18.0 Å². The molecule has 0 radical (unpaired) electrons. The normalized spacial score (nSPS) is 10.8. The zero-order valence-corrected chi connectivity index (χ0v) is 13.9. The number of halogens is 2. The Hall–Kier alpha value is -0.670. The third kappa shape index (κ3) is 4.16. The summed E-state index contributed by atoms with van der Waals surface area (Å²) in [5.41, 5.74) is 2.64. The van der Waals surface area contributed by atoms with Gasteiger partial charge >= 0.3 is 0 Å². The van der Waals surface area contributed by atoms with Crippen LogP contribution in [0.3, 0.4) is 0 Å². The molecule has 0 atom stereocenters. The van der Waals surface area contributed by atoms with Crippen LogP contribution < -0.4 is 5.32 Å². The van der Waals surface area contributed by atoms with E-state index in [0.29, 0.717) is 10.0 Å². The van der Waals surface area contributed by atoms with Crippen LogP contribution in [0.5, 0.6) is 0 Å². The second-order valence-electron chi connectivity index (χ2n) is 4.55. The maximum atomic E-state index is 6.04. The minimum Gasteiger partial charge on any atom is -0.313 e. The molecule has 0 spiro atoms. The van der Waals surface area contributed by atoms with Crippen molar-refractivity contribution in [1.82, 2.24) is 5.32 Å². The highest BCUT2D eigenvalue weighted by Crippen LogP contribution is 2.33. The molecule has 0 saturated heterocycles. The predicted octanol–water partition coefficient (Wildman–Crippen LogP) is 5.56. The Morgan fingerprint density at radius 1 is 1.00 bits per heavy atom. The Labute approximate surface area is 134 Å². The van der Waals surface area contributed by atoms with Gasteiger partial charge < -0.3 is 5.32 Å². The van der Waals surface area contributed by atoms with E-state index in [1.165, 1.54) is 16.0 Å². The highest BCUT2D eigenvalue weighted by molar-refractivity contribution is 7.99. The summed E-state index contributed by atoms with van der Waals surface area (Å²) in [6.07, 6.45) is 0. The maximum absolute atomic E-state index is 6.04. The molecule has 1 nitrogen and oxygen atoms in total. The number of hydrogen-bond donors (Lipinski definition) is 1. The molecule has 2 aromatic rings. The first-order valence-electron chi connectivity index (χ1n) is 6.53. The Morgan fingerprint density at radius 3 is 2.35 bits per heavy atom. The van der Waals surface area contributed by atoms with Crippen LogP contribution >= 0.6 is 35.0 Å². The summed E-state index contributed by atoms with van der Waals surface area (Å²) in [5, 5.41) is 4.53. The largest absolute Gasteiger partial charge is 0.313 e. The monoisotopic (exact) mass is 325 g/mol. The van der Waals surface area contributed by atoms with E-state index in [2.05, 4.69) is 37.4 Å². The van der Waals surface area contributed by atoms with E-state index in [1.54, 1.807) is 11.8 Å². The smallest absolute Gasteiger partial charge is 0.0603 e. The molecule has 20 heavy (non-hydrogen) atoms. The van der Waals surface area contributed by atoms with Gasteiger partial charge in [-0.05, 0) is 54.9 Å². The fraction of sp³-hybridized carbons (Fsp3) is 0.250. The van der Waals surface area contributed by atoms with Gasteiger partial charge in [0.15, 0.2) is 0 Å². The summed E-state index contributed by atoms with van der Waals surface area (Å²) in [4.78, 5) is 2.30. The SMILES string of the molecule is CCNCc1ccc(Sc2ccc(Cl)c(Cl)c2)cc1C. The second-order valence-corrected chi connectivity index (χ2v) is 6.51. The lowest BCUT2D eigenvalue weighted by Gasteiger charge is -2.09. The van der Waals surface area contributed by atoms with Crippen LogP contribution in [-0.2, 0) is 6.54 Å². The molecule has 0 unspecified atom stereocenters. The van der Waals surface area contributed by atoms with Crippen molar-refractivity contribution in [1.29, 1.82) is 0 Å². The Kier molecular flexibility index (Phi) is 5.79. The van der Waals surface area contributed by atoms with Gasteiger partial charge in [-0.3, -0.25) is 0 Å². The van der Waals surface area contributed by atoms with Crippen LogP contribution in [0.25, 0.3) is 0 Å². The van der Waals surface area contributed by atoms with E-state index in [4.69, 9.17) is 23.2 Å². The first-order chi connectivity index (χ1) is 9.60. The lowest BCUT2D eigenvalue weighted by molar-refractivity contribution is 0.723. The minimum absolute atomic E-state index is 0.591. The zero-order chi connectivity index (χ0) is 14.5. The van der Waals surface area contributed by atoms with Crippen LogP contribution in [-0.4, -0.2) is 6.54 Å². The van der Waals surface area contributed by atoms with Gasteiger partial charge in [0.2, 0.25) is 0 Å². The van der Waals surface area contributed by atoms with Crippen molar-refractivity contribution in [2.24, 2.45) is 0 Å². The van der Waals surface area contributed by atoms with Crippen molar-refractivity contribution >= 4 is 35.0 Å². The summed E-state index contributed by atoms with van der Waals surface area (Å²) in [6.45, 7) is 6.16. The van der Waals surface area contributed by atoms with Crippen LogP contribution in [0.2, 0.25) is 10.0 Å². The Morgan fingerprint density at radius 2 is 1.70 bits per heavy atom. The van der Waals surface area contributed by atoms with Crippen molar-refractivity contribution in [3.8, 4) is 0 Å². The second kappa shape index (κ2) is 7.37. The Balaban J connectivity index is 2.13. The Bertz CT molecular complexity index is 599. The van der Waals surface area contributed by atoms with E-state index >= 15 is 0 Å². The molecule has 0 amide bonds. The topological polar surface area (TPSA) is 12.0 Å². The summed E-state index contributed by atoms with van der Waals surface area (Å²) >= 11 is 13.7. The van der Waals surface area contributed by atoms with Gasteiger partial charge in [-0.25, -0.2) is 0 Å². The van der Waals surface area contributed by atoms with Crippen LogP contribution in [0.1, 0.15) is 18.1 Å². The average Bonchev–Trinajstić information content (AvgIpc) is 2.42. The molecule has 2 rings (SSSR count). The quantitative estimate of drug-likeness (QED) is 0.772. The van der Waals surface area contributed by atoms with E-state index < -0.39 is 0 Å². The first-order valence-corrected chi connectivity index (χ1v) is 8.10. The summed E-state index contributed by atoms with van der Waals surface area (Å²) in [5.74, 6) is 0. The third-order valence-corrected chi connectivity index (χ3v) is 4.72. The molecule has 0 saturated carbocycles. The molecule has 0 aliphatic heterocycles. The van der Waals surface area contributed by atoms with Gasteiger partial charge in [0.25, 0.3) is 0 Å². The van der Waals surface area contributed by atoms with Gasteiger partial charge in [0.1, 0.15) is 0 Å². The molecule has 2 aromatic carbocycles. The van der Waals surface area contributed by atoms with Gasteiger partial charge in [0, 0.05) is 16.3 Å². The van der Waals surface area contributed by atoms with Gasteiger partial charge in [-0.1, -0.05) is 48.0 Å². The van der Waals surface area contributed by atoms with Gasteiger partial charge in [-0.15, -0.1) is 0 Å². The van der Waals surface area contributed by atoms with Crippen LogP contribution in [0, 0.1) is 6.92 Å². The lowest BCUT2D eigenvalue weighted by Crippen LogP contribution is -2.12. The molecule has 0 aliphatic rings. The lowest BCUT2D eigenvalue weighted by atomic mass is 10.1. The summed E-state index contributed by atoms with van der Waals surface area (Å²) in [7, 11) is 0. The first kappa shape index (κ1) is 15.7. The highest BCUT2D eigenvalue weighted by Gasteiger charge is 2.04. The standard InChI is InChI=1S/C16H17Cl2NS/c1-3-19-10-12-4-5-13(8-11(12)2)20-14-6-7-15(17)16(18)9-14/h4-9,19H,3,10H2,1-2H3. The van der Waals surface area contributed by atoms with Gasteiger partial charge in [0.05, 0.1) is 10.0 Å². The molecular formula is C16H17Cl2NS. The number of aryl methyl sites for hydroxylation is 1. The zero-order valence-electron chi connectivity index (χ0n) is 11.5.